The Bertz CT molecular complexity index is 1330. The third-order valence-corrected chi connectivity index (χ3v) is 6.64. The van der Waals surface area contributed by atoms with E-state index < -0.39 is 34.6 Å². The van der Waals surface area contributed by atoms with Gasteiger partial charge in [-0.25, -0.2) is 9.38 Å². The lowest BCUT2D eigenvalue weighted by molar-refractivity contribution is -0.137. The number of amides is 2. The summed E-state index contributed by atoms with van der Waals surface area (Å²) in [5.74, 6) is -0.956. The number of alkyl halides is 3. The van der Waals surface area contributed by atoms with Crippen molar-refractivity contribution in [2.45, 2.75) is 24.4 Å². The summed E-state index contributed by atoms with van der Waals surface area (Å²) in [6.45, 7) is 0.00472. The lowest BCUT2D eigenvalue weighted by atomic mass is 10.2. The number of hydrogen-bond donors (Lipinski definition) is 1. The molecule has 0 radical (unpaired) electrons. The average Bonchev–Trinajstić information content (AvgIpc) is 2.87. The van der Waals surface area contributed by atoms with Crippen molar-refractivity contribution in [2.75, 3.05) is 12.4 Å². The summed E-state index contributed by atoms with van der Waals surface area (Å²) in [4.78, 5) is 31.8. The Balaban J connectivity index is 1.65. The van der Waals surface area contributed by atoms with Crippen LogP contribution >= 0.6 is 11.8 Å². The molecule has 37 heavy (non-hydrogen) atoms. The van der Waals surface area contributed by atoms with Crippen molar-refractivity contribution in [2.24, 2.45) is 4.99 Å². The first-order valence-electron chi connectivity index (χ1n) is 11.1. The summed E-state index contributed by atoms with van der Waals surface area (Å²) in [5.41, 5.74) is 0.0780. The maximum Gasteiger partial charge on any atom is 0.416 e. The molecule has 1 unspecified atom stereocenters. The van der Waals surface area contributed by atoms with Crippen LogP contribution in [0.25, 0.3) is 0 Å². The summed E-state index contributed by atoms with van der Waals surface area (Å²) in [5, 5.41) is 1.89. The van der Waals surface area contributed by atoms with Gasteiger partial charge in [0.05, 0.1) is 30.6 Å². The van der Waals surface area contributed by atoms with Crippen molar-refractivity contribution in [3.05, 3.63) is 89.7 Å². The molecule has 1 atom stereocenters. The molecule has 1 saturated heterocycles. The van der Waals surface area contributed by atoms with Gasteiger partial charge in [-0.2, -0.15) is 13.2 Å². The second kappa shape index (κ2) is 11.0. The second-order valence-electron chi connectivity index (χ2n) is 8.05. The Hall–Kier alpha value is -3.86. The molecule has 1 aliphatic heterocycles. The summed E-state index contributed by atoms with van der Waals surface area (Å²) in [7, 11) is 1.46. The fourth-order valence-electron chi connectivity index (χ4n) is 3.59. The van der Waals surface area contributed by atoms with Gasteiger partial charge in [0.1, 0.15) is 16.8 Å². The molecule has 3 aromatic rings. The number of carbonyl (C=O) groups excluding carboxylic acids is 2. The number of halogens is 4. The van der Waals surface area contributed by atoms with Gasteiger partial charge in [0, 0.05) is 6.42 Å². The van der Waals surface area contributed by atoms with Gasteiger partial charge in [0.2, 0.25) is 11.8 Å². The van der Waals surface area contributed by atoms with Gasteiger partial charge in [-0.05, 0) is 48.0 Å². The number of hydrogen-bond acceptors (Lipinski definition) is 5. The van der Waals surface area contributed by atoms with E-state index in [4.69, 9.17) is 4.74 Å². The van der Waals surface area contributed by atoms with Crippen LogP contribution in [0.1, 0.15) is 17.5 Å². The first-order valence-corrected chi connectivity index (χ1v) is 11.9. The van der Waals surface area contributed by atoms with Gasteiger partial charge >= 0.3 is 6.18 Å². The van der Waals surface area contributed by atoms with Crippen molar-refractivity contribution in [3.8, 4) is 5.75 Å². The minimum atomic E-state index is -4.57. The normalized spacial score (nSPS) is 17.1. The molecule has 1 N–H and O–H groups in total. The van der Waals surface area contributed by atoms with Gasteiger partial charge in [0.25, 0.3) is 0 Å². The Morgan fingerprint density at radius 3 is 2.54 bits per heavy atom. The highest BCUT2D eigenvalue weighted by Crippen LogP contribution is 2.35. The number of aliphatic imine (C=N–C) groups is 1. The molecule has 11 heteroatoms. The van der Waals surface area contributed by atoms with E-state index in [9.17, 15) is 27.2 Å². The van der Waals surface area contributed by atoms with E-state index in [0.29, 0.717) is 17.0 Å². The summed E-state index contributed by atoms with van der Waals surface area (Å²) >= 11 is 0.962. The number of ether oxygens (including phenoxy) is 1. The lowest BCUT2D eigenvalue weighted by Crippen LogP contribution is -2.44. The molecule has 1 heterocycles. The zero-order valence-electron chi connectivity index (χ0n) is 19.5. The van der Waals surface area contributed by atoms with E-state index in [-0.39, 0.29) is 23.8 Å². The van der Waals surface area contributed by atoms with Crippen LogP contribution in [0, 0.1) is 5.82 Å². The molecule has 3 aromatic carbocycles. The highest BCUT2D eigenvalue weighted by molar-refractivity contribution is 8.15. The molecule has 1 fully saturated rings. The monoisotopic (exact) mass is 531 g/mol. The van der Waals surface area contributed by atoms with Crippen LogP contribution in [0.4, 0.5) is 28.9 Å². The lowest BCUT2D eigenvalue weighted by Gasteiger charge is -2.32. The van der Waals surface area contributed by atoms with E-state index in [1.807, 2.05) is 0 Å². The van der Waals surface area contributed by atoms with Crippen LogP contribution in [-0.2, 0) is 22.3 Å². The quantitative estimate of drug-likeness (QED) is 0.396. The number of nitrogens with zero attached hydrogens (tertiary/aromatic N) is 2. The predicted molar refractivity (Wildman–Crippen MR) is 133 cm³/mol. The molecule has 0 saturated carbocycles. The Morgan fingerprint density at radius 1 is 1.11 bits per heavy atom. The Labute approximate surface area is 214 Å². The molecule has 6 nitrogen and oxygen atoms in total. The number of para-hydroxylation sites is 2. The maximum absolute atomic E-state index is 13.4. The number of amidine groups is 1. The van der Waals surface area contributed by atoms with Gasteiger partial charge < -0.3 is 10.1 Å². The van der Waals surface area contributed by atoms with E-state index in [1.165, 1.54) is 48.4 Å². The number of benzene rings is 3. The van der Waals surface area contributed by atoms with Crippen molar-refractivity contribution < 1.29 is 31.9 Å². The standard InChI is InChI=1S/C26H21F4N3O3S/c1-36-21-8-3-2-7-20(21)32-24(35)22-14-23(34)33(15-16-9-11-18(27)12-10-16)25(37-22)31-19-6-4-5-17(13-19)26(28,29)30/h2-13,22H,14-15H2,1H3,(H,32,35). The van der Waals surface area contributed by atoms with Crippen molar-refractivity contribution >= 4 is 40.1 Å². The predicted octanol–water partition coefficient (Wildman–Crippen LogP) is 6.01. The second-order valence-corrected chi connectivity index (χ2v) is 9.22. The summed E-state index contributed by atoms with van der Waals surface area (Å²) in [6.07, 6.45) is -4.74. The third kappa shape index (κ3) is 6.48. The van der Waals surface area contributed by atoms with E-state index >= 15 is 0 Å². The van der Waals surface area contributed by atoms with Gasteiger partial charge in [0.15, 0.2) is 5.17 Å². The zero-order valence-corrected chi connectivity index (χ0v) is 20.3. The average molecular weight is 532 g/mol. The zero-order chi connectivity index (χ0) is 26.6. The maximum atomic E-state index is 13.4. The first-order chi connectivity index (χ1) is 17.6. The van der Waals surface area contributed by atoms with E-state index in [0.717, 1.165) is 23.9 Å². The number of methoxy groups -OCH3 is 1. The topological polar surface area (TPSA) is 71.0 Å². The molecule has 192 valence electrons. The fraction of sp³-hybridized carbons (Fsp3) is 0.192. The van der Waals surface area contributed by atoms with Gasteiger partial charge in [-0.3, -0.25) is 14.5 Å². The van der Waals surface area contributed by atoms with Crippen LogP contribution in [0.5, 0.6) is 5.75 Å². The molecule has 1 aliphatic rings. The van der Waals surface area contributed by atoms with Crippen LogP contribution in [0.3, 0.4) is 0 Å². The van der Waals surface area contributed by atoms with Crippen molar-refractivity contribution in [1.29, 1.82) is 0 Å². The first kappa shape index (κ1) is 26.2. The number of carbonyl (C=O) groups is 2. The molecular formula is C26H21F4N3O3S. The van der Waals surface area contributed by atoms with Crippen molar-refractivity contribution in [3.63, 3.8) is 0 Å². The van der Waals surface area contributed by atoms with Gasteiger partial charge in [-0.1, -0.05) is 42.1 Å². The van der Waals surface area contributed by atoms with Gasteiger partial charge in [-0.15, -0.1) is 0 Å². The number of nitrogens with one attached hydrogen (secondary N) is 1. The number of rotatable bonds is 6. The van der Waals surface area contributed by atoms with Crippen LogP contribution < -0.4 is 10.1 Å². The van der Waals surface area contributed by atoms with Crippen LogP contribution in [0.15, 0.2) is 77.8 Å². The van der Waals surface area contributed by atoms with Crippen molar-refractivity contribution in [1.82, 2.24) is 4.90 Å². The Kier molecular flexibility index (Phi) is 7.82. The number of thioether (sulfide) groups is 1. The van der Waals surface area contributed by atoms with E-state index in [1.54, 1.807) is 24.3 Å². The SMILES string of the molecule is COc1ccccc1NC(=O)C1CC(=O)N(Cc2ccc(F)cc2)C(=Nc2cccc(C(F)(F)F)c2)S1. The molecule has 4 rings (SSSR count). The fourth-order valence-corrected chi connectivity index (χ4v) is 4.69. The number of anilines is 1. The minimum Gasteiger partial charge on any atom is -0.495 e. The van der Waals surface area contributed by atoms with Crippen LogP contribution in [0.2, 0.25) is 0 Å². The summed E-state index contributed by atoms with van der Waals surface area (Å²) < 4.78 is 58.3. The molecule has 0 spiro atoms. The molecule has 0 aliphatic carbocycles. The largest absolute Gasteiger partial charge is 0.495 e. The molecule has 0 bridgehead atoms. The minimum absolute atomic E-state index is 0.00472. The smallest absolute Gasteiger partial charge is 0.416 e. The highest BCUT2D eigenvalue weighted by atomic mass is 32.2. The highest BCUT2D eigenvalue weighted by Gasteiger charge is 2.36. The molecular weight excluding hydrogens is 510 g/mol. The van der Waals surface area contributed by atoms with E-state index in [2.05, 4.69) is 10.3 Å². The third-order valence-electron chi connectivity index (χ3n) is 5.45. The Morgan fingerprint density at radius 2 is 1.84 bits per heavy atom. The molecule has 0 aromatic heterocycles. The summed E-state index contributed by atoms with van der Waals surface area (Å²) in [6, 6.07) is 16.6. The van der Waals surface area contributed by atoms with Crippen LogP contribution in [-0.4, -0.2) is 34.2 Å². The molecule has 2 amide bonds.